The molecule has 1 saturated heterocycles. The fourth-order valence-corrected chi connectivity index (χ4v) is 3.50. The molecule has 0 aromatic heterocycles. The molecule has 1 aliphatic heterocycles. The Morgan fingerprint density at radius 1 is 1.45 bits per heavy atom. The number of halogens is 1. The second-order valence-corrected chi connectivity index (χ2v) is 6.47. The number of sulfonamides is 1. The lowest BCUT2D eigenvalue weighted by Crippen LogP contribution is -2.45. The van der Waals surface area contributed by atoms with Gasteiger partial charge in [0.15, 0.2) is 5.75 Å². The lowest BCUT2D eigenvalue weighted by molar-refractivity contribution is -0.385. The molecule has 0 saturated carbocycles. The molecule has 124 valence electrons. The quantitative estimate of drug-likeness (QED) is 0.606. The minimum absolute atomic E-state index is 0. The third-order valence-electron chi connectivity index (χ3n) is 3.28. The standard InChI is InChI=1S/C12H17N3O5S.ClH/c1-20-12-7-10(4-5-11(12)15(16)17)21(18,19)14-9-3-2-6-13-8-9;/h4-5,7,9,13-14H,2-3,6,8H2,1H3;1H. The van der Waals surface area contributed by atoms with Crippen molar-refractivity contribution >= 4 is 28.1 Å². The van der Waals surface area contributed by atoms with Crippen molar-refractivity contribution in [3.05, 3.63) is 28.3 Å². The largest absolute Gasteiger partial charge is 0.490 e. The molecule has 10 heteroatoms. The molecule has 0 amide bonds. The van der Waals surface area contributed by atoms with Crippen LogP contribution in [0.2, 0.25) is 0 Å². The average Bonchev–Trinajstić information content (AvgIpc) is 2.47. The van der Waals surface area contributed by atoms with Crippen LogP contribution >= 0.6 is 12.4 Å². The molecule has 1 atom stereocenters. The van der Waals surface area contributed by atoms with Crippen molar-refractivity contribution in [3.63, 3.8) is 0 Å². The first-order chi connectivity index (χ1) is 9.94. The lowest BCUT2D eigenvalue weighted by Gasteiger charge is -2.23. The minimum Gasteiger partial charge on any atom is -0.490 e. The molecule has 22 heavy (non-hydrogen) atoms. The van der Waals surface area contributed by atoms with Crippen LogP contribution in [0.4, 0.5) is 5.69 Å². The summed E-state index contributed by atoms with van der Waals surface area (Å²) < 4.78 is 32.1. The van der Waals surface area contributed by atoms with Gasteiger partial charge in [0.2, 0.25) is 10.0 Å². The zero-order chi connectivity index (χ0) is 15.5. The Morgan fingerprint density at radius 2 is 2.18 bits per heavy atom. The van der Waals surface area contributed by atoms with Crippen molar-refractivity contribution in [2.24, 2.45) is 0 Å². The number of hydrogen-bond acceptors (Lipinski definition) is 6. The number of piperidine rings is 1. The number of ether oxygens (including phenoxy) is 1. The van der Waals surface area contributed by atoms with Gasteiger partial charge in [0, 0.05) is 24.7 Å². The molecule has 1 fully saturated rings. The van der Waals surface area contributed by atoms with Crippen molar-refractivity contribution in [3.8, 4) is 5.75 Å². The predicted molar refractivity (Wildman–Crippen MR) is 83.1 cm³/mol. The lowest BCUT2D eigenvalue weighted by atomic mass is 10.1. The number of methoxy groups -OCH3 is 1. The third-order valence-corrected chi connectivity index (χ3v) is 4.80. The summed E-state index contributed by atoms with van der Waals surface area (Å²) >= 11 is 0. The molecule has 2 rings (SSSR count). The van der Waals surface area contributed by atoms with Crippen molar-refractivity contribution in [2.45, 2.75) is 23.8 Å². The maximum Gasteiger partial charge on any atom is 0.310 e. The van der Waals surface area contributed by atoms with E-state index in [4.69, 9.17) is 4.74 Å². The molecule has 0 radical (unpaired) electrons. The summed E-state index contributed by atoms with van der Waals surface area (Å²) in [5, 5.41) is 13.9. The highest BCUT2D eigenvalue weighted by Gasteiger charge is 2.24. The molecule has 8 nitrogen and oxygen atoms in total. The van der Waals surface area contributed by atoms with E-state index in [0.717, 1.165) is 31.5 Å². The normalized spacial score (nSPS) is 18.3. The number of nitro groups is 1. The van der Waals surface area contributed by atoms with Crippen molar-refractivity contribution in [1.82, 2.24) is 10.0 Å². The predicted octanol–water partition coefficient (Wildman–Crippen LogP) is 1.06. The van der Waals surface area contributed by atoms with Gasteiger partial charge in [-0.05, 0) is 25.5 Å². The number of benzene rings is 1. The van der Waals surface area contributed by atoms with E-state index in [1.165, 1.54) is 13.2 Å². The van der Waals surface area contributed by atoms with Gasteiger partial charge >= 0.3 is 5.69 Å². The van der Waals surface area contributed by atoms with Crippen molar-refractivity contribution in [1.29, 1.82) is 0 Å². The minimum atomic E-state index is -3.73. The summed E-state index contributed by atoms with van der Waals surface area (Å²) in [5.74, 6) is -0.0790. The maximum absolute atomic E-state index is 12.3. The summed E-state index contributed by atoms with van der Waals surface area (Å²) in [6.45, 7) is 1.45. The van der Waals surface area contributed by atoms with Gasteiger partial charge in [-0.1, -0.05) is 0 Å². The fourth-order valence-electron chi connectivity index (χ4n) is 2.22. The summed E-state index contributed by atoms with van der Waals surface area (Å²) in [4.78, 5) is 10.1. The maximum atomic E-state index is 12.3. The molecule has 1 aliphatic rings. The van der Waals surface area contributed by atoms with Gasteiger partial charge in [0.05, 0.1) is 16.9 Å². The Labute approximate surface area is 134 Å². The molecule has 2 N–H and O–H groups in total. The van der Waals surface area contributed by atoms with Gasteiger partial charge < -0.3 is 10.1 Å². The van der Waals surface area contributed by atoms with Gasteiger partial charge in [-0.15, -0.1) is 12.4 Å². The van der Waals surface area contributed by atoms with Crippen LogP contribution in [0.3, 0.4) is 0 Å². The zero-order valence-corrected chi connectivity index (χ0v) is 13.6. The number of nitrogens with zero attached hydrogens (tertiary/aromatic N) is 1. The first kappa shape index (κ1) is 18.6. The smallest absolute Gasteiger partial charge is 0.310 e. The van der Waals surface area contributed by atoms with Crippen LogP contribution in [0.15, 0.2) is 23.1 Å². The van der Waals surface area contributed by atoms with Crippen LogP contribution in [-0.2, 0) is 10.0 Å². The highest BCUT2D eigenvalue weighted by Crippen LogP contribution is 2.29. The van der Waals surface area contributed by atoms with Gasteiger partial charge in [-0.3, -0.25) is 10.1 Å². The van der Waals surface area contributed by atoms with E-state index in [1.54, 1.807) is 0 Å². The summed E-state index contributed by atoms with van der Waals surface area (Å²) in [5.41, 5.74) is -0.268. The van der Waals surface area contributed by atoms with E-state index in [2.05, 4.69) is 10.0 Å². The SMILES string of the molecule is COc1cc(S(=O)(=O)NC2CCCNC2)ccc1[N+](=O)[O-].Cl. The van der Waals surface area contributed by atoms with E-state index in [9.17, 15) is 18.5 Å². The molecule has 0 aliphatic carbocycles. The monoisotopic (exact) mass is 351 g/mol. The van der Waals surface area contributed by atoms with Crippen LogP contribution in [0.25, 0.3) is 0 Å². The first-order valence-corrected chi connectivity index (χ1v) is 7.98. The van der Waals surface area contributed by atoms with Crippen LogP contribution in [0.5, 0.6) is 5.75 Å². The first-order valence-electron chi connectivity index (χ1n) is 6.49. The van der Waals surface area contributed by atoms with Crippen molar-refractivity contribution in [2.75, 3.05) is 20.2 Å². The Bertz CT molecular complexity index is 632. The second kappa shape index (κ2) is 7.73. The number of hydrogen-bond donors (Lipinski definition) is 2. The average molecular weight is 352 g/mol. The fraction of sp³-hybridized carbons (Fsp3) is 0.500. The summed E-state index contributed by atoms with van der Waals surface area (Å²) in [7, 11) is -2.47. The van der Waals surface area contributed by atoms with Gasteiger partial charge in [0.25, 0.3) is 0 Å². The van der Waals surface area contributed by atoms with E-state index in [-0.39, 0.29) is 34.8 Å². The molecule has 1 unspecified atom stereocenters. The molecule has 1 aromatic carbocycles. The molecule has 0 bridgehead atoms. The van der Waals surface area contributed by atoms with E-state index in [1.807, 2.05) is 0 Å². The Hall–Kier alpha value is -1.42. The van der Waals surface area contributed by atoms with E-state index < -0.39 is 14.9 Å². The molecule has 1 aromatic rings. The summed E-state index contributed by atoms with van der Waals surface area (Å²) in [6, 6.07) is 3.33. The Morgan fingerprint density at radius 3 is 2.73 bits per heavy atom. The van der Waals surface area contributed by atoms with Crippen LogP contribution in [-0.4, -0.2) is 39.6 Å². The molecular formula is C12H18ClN3O5S. The van der Waals surface area contributed by atoms with E-state index >= 15 is 0 Å². The molecule has 0 spiro atoms. The van der Waals surface area contributed by atoms with Crippen LogP contribution < -0.4 is 14.8 Å². The highest BCUT2D eigenvalue weighted by atomic mass is 35.5. The van der Waals surface area contributed by atoms with Crippen molar-refractivity contribution < 1.29 is 18.1 Å². The van der Waals surface area contributed by atoms with Crippen LogP contribution in [0.1, 0.15) is 12.8 Å². The van der Waals surface area contributed by atoms with Crippen LogP contribution in [0, 0.1) is 10.1 Å². The third kappa shape index (κ3) is 4.29. The zero-order valence-electron chi connectivity index (χ0n) is 11.9. The summed E-state index contributed by atoms with van der Waals surface area (Å²) in [6.07, 6.45) is 1.66. The topological polar surface area (TPSA) is 111 Å². The number of nitrogens with one attached hydrogen (secondary N) is 2. The van der Waals surface area contributed by atoms with Gasteiger partial charge in [-0.2, -0.15) is 0 Å². The second-order valence-electron chi connectivity index (χ2n) is 4.76. The number of nitro benzene ring substituents is 1. The van der Waals surface area contributed by atoms with Gasteiger partial charge in [-0.25, -0.2) is 13.1 Å². The molecule has 1 heterocycles. The number of rotatable bonds is 5. The Kier molecular flexibility index (Phi) is 6.54. The molecular weight excluding hydrogens is 334 g/mol. The van der Waals surface area contributed by atoms with E-state index in [0.29, 0.717) is 6.54 Å². The highest BCUT2D eigenvalue weighted by molar-refractivity contribution is 7.89. The van der Waals surface area contributed by atoms with Gasteiger partial charge in [0.1, 0.15) is 0 Å². The Balaban J connectivity index is 0.00000242.